The molecule has 2 aromatic carbocycles. The van der Waals surface area contributed by atoms with Crippen molar-refractivity contribution in [2.75, 3.05) is 0 Å². The first-order valence-electron chi connectivity index (χ1n) is 10.1. The van der Waals surface area contributed by atoms with Gasteiger partial charge in [-0.05, 0) is 79.5 Å². The van der Waals surface area contributed by atoms with Crippen LogP contribution in [0, 0.1) is 29.4 Å². The number of ether oxygens (including phenoxy) is 1. The predicted molar refractivity (Wildman–Crippen MR) is 105 cm³/mol. The standard InChI is InChI=1S/C24H23F5O/c1-2-3-16-4-9-18(10-5-16)19-14-22(25)21(23(26)15-19)13-8-17-6-11-20(12-7-17)30-24(27,28)29/h6-7,11-12,14-16,18H,2-5,9-10H2,1H3. The molecule has 1 aliphatic carbocycles. The van der Waals surface area contributed by atoms with Crippen molar-refractivity contribution < 1.29 is 26.7 Å². The summed E-state index contributed by atoms with van der Waals surface area (Å²) in [4.78, 5) is 0. The molecule has 0 N–H and O–H groups in total. The predicted octanol–water partition coefficient (Wildman–Crippen LogP) is 7.34. The normalized spacial score (nSPS) is 19.1. The Kier molecular flexibility index (Phi) is 7.02. The average molecular weight is 422 g/mol. The highest BCUT2D eigenvalue weighted by Gasteiger charge is 2.31. The van der Waals surface area contributed by atoms with Crippen LogP contribution < -0.4 is 4.74 Å². The van der Waals surface area contributed by atoms with E-state index in [9.17, 15) is 22.0 Å². The Morgan fingerprint density at radius 3 is 2.07 bits per heavy atom. The van der Waals surface area contributed by atoms with Crippen LogP contribution in [0.25, 0.3) is 0 Å². The molecule has 0 amide bonds. The Morgan fingerprint density at radius 2 is 1.53 bits per heavy atom. The second-order valence-electron chi connectivity index (χ2n) is 7.69. The zero-order chi connectivity index (χ0) is 21.7. The van der Waals surface area contributed by atoms with Gasteiger partial charge in [-0.2, -0.15) is 0 Å². The highest BCUT2D eigenvalue weighted by molar-refractivity contribution is 5.46. The van der Waals surface area contributed by atoms with Gasteiger partial charge in [0.15, 0.2) is 0 Å². The van der Waals surface area contributed by atoms with Crippen molar-refractivity contribution in [2.24, 2.45) is 5.92 Å². The lowest BCUT2D eigenvalue weighted by molar-refractivity contribution is -0.274. The summed E-state index contributed by atoms with van der Waals surface area (Å²) >= 11 is 0. The van der Waals surface area contributed by atoms with Crippen molar-refractivity contribution in [2.45, 2.75) is 57.7 Å². The quantitative estimate of drug-likeness (QED) is 0.370. The summed E-state index contributed by atoms with van der Waals surface area (Å²) in [7, 11) is 0. The number of hydrogen-bond acceptors (Lipinski definition) is 1. The maximum Gasteiger partial charge on any atom is 0.573 e. The van der Waals surface area contributed by atoms with E-state index in [1.165, 1.54) is 30.7 Å². The van der Waals surface area contributed by atoms with Crippen LogP contribution in [0.4, 0.5) is 22.0 Å². The van der Waals surface area contributed by atoms with E-state index in [0.29, 0.717) is 17.0 Å². The van der Waals surface area contributed by atoms with Crippen molar-refractivity contribution in [3.8, 4) is 17.6 Å². The minimum absolute atomic E-state index is 0.158. The first-order chi connectivity index (χ1) is 14.2. The third-order valence-electron chi connectivity index (χ3n) is 5.50. The van der Waals surface area contributed by atoms with E-state index in [2.05, 4.69) is 23.5 Å². The number of alkyl halides is 3. The van der Waals surface area contributed by atoms with Crippen LogP contribution >= 0.6 is 0 Å². The molecule has 0 unspecified atom stereocenters. The Labute approximate surface area is 173 Å². The molecule has 0 bridgehead atoms. The summed E-state index contributed by atoms with van der Waals surface area (Å²) in [6.07, 6.45) is 1.60. The zero-order valence-electron chi connectivity index (χ0n) is 16.7. The molecule has 0 spiro atoms. The van der Waals surface area contributed by atoms with Gasteiger partial charge in [-0.25, -0.2) is 8.78 Å². The van der Waals surface area contributed by atoms with Crippen molar-refractivity contribution >= 4 is 0 Å². The lowest BCUT2D eigenvalue weighted by atomic mass is 9.77. The first-order valence-corrected chi connectivity index (χ1v) is 10.1. The van der Waals surface area contributed by atoms with Gasteiger partial charge in [0.2, 0.25) is 0 Å². The third kappa shape index (κ3) is 5.98. The van der Waals surface area contributed by atoms with Gasteiger partial charge in [-0.1, -0.05) is 31.6 Å². The zero-order valence-corrected chi connectivity index (χ0v) is 16.7. The fourth-order valence-electron chi connectivity index (χ4n) is 4.02. The van der Waals surface area contributed by atoms with Crippen LogP contribution in [-0.4, -0.2) is 6.36 Å². The second-order valence-corrected chi connectivity index (χ2v) is 7.69. The van der Waals surface area contributed by atoms with E-state index < -0.39 is 18.0 Å². The van der Waals surface area contributed by atoms with E-state index in [0.717, 1.165) is 44.2 Å². The van der Waals surface area contributed by atoms with Crippen LogP contribution in [-0.2, 0) is 0 Å². The van der Waals surface area contributed by atoms with Crippen LogP contribution in [0.15, 0.2) is 36.4 Å². The molecule has 0 saturated heterocycles. The molecule has 0 aliphatic heterocycles. The number of benzene rings is 2. The molecule has 0 heterocycles. The fraction of sp³-hybridized carbons (Fsp3) is 0.417. The first kappa shape index (κ1) is 22.1. The topological polar surface area (TPSA) is 9.23 Å². The Hall–Kier alpha value is -2.55. The van der Waals surface area contributed by atoms with Crippen molar-refractivity contribution in [1.29, 1.82) is 0 Å². The molecule has 0 atom stereocenters. The number of hydrogen-bond donors (Lipinski definition) is 0. The number of halogens is 5. The maximum atomic E-state index is 14.5. The summed E-state index contributed by atoms with van der Waals surface area (Å²) in [5, 5.41) is 0. The van der Waals surface area contributed by atoms with E-state index in [1.807, 2.05) is 0 Å². The highest BCUT2D eigenvalue weighted by Crippen LogP contribution is 2.38. The molecule has 160 valence electrons. The third-order valence-corrected chi connectivity index (χ3v) is 5.50. The Morgan fingerprint density at radius 1 is 0.933 bits per heavy atom. The SMILES string of the molecule is CCCC1CCC(c2cc(F)c(C#Cc3ccc(OC(F)(F)F)cc3)c(F)c2)CC1. The Bertz CT molecular complexity index is 890. The average Bonchev–Trinajstić information content (AvgIpc) is 2.68. The lowest BCUT2D eigenvalue weighted by Gasteiger charge is -2.28. The van der Waals surface area contributed by atoms with Crippen LogP contribution in [0.2, 0.25) is 0 Å². The van der Waals surface area contributed by atoms with Gasteiger partial charge < -0.3 is 4.74 Å². The van der Waals surface area contributed by atoms with Crippen LogP contribution in [0.5, 0.6) is 5.75 Å². The van der Waals surface area contributed by atoms with Gasteiger partial charge in [-0.3, -0.25) is 0 Å². The van der Waals surface area contributed by atoms with Gasteiger partial charge >= 0.3 is 6.36 Å². The molecule has 2 aromatic rings. The summed E-state index contributed by atoms with van der Waals surface area (Å²) in [5.41, 5.74) is 0.648. The minimum atomic E-state index is -4.78. The molecule has 0 radical (unpaired) electrons. The molecule has 1 saturated carbocycles. The van der Waals surface area contributed by atoms with Crippen molar-refractivity contribution in [3.63, 3.8) is 0 Å². The summed E-state index contributed by atoms with van der Waals surface area (Å²) in [6, 6.07) is 7.51. The fourth-order valence-corrected chi connectivity index (χ4v) is 4.02. The summed E-state index contributed by atoms with van der Waals surface area (Å²) in [5.74, 6) is 4.09. The molecule has 1 aliphatic rings. The molecule has 1 fully saturated rings. The largest absolute Gasteiger partial charge is 0.573 e. The van der Waals surface area contributed by atoms with Gasteiger partial charge in [0.25, 0.3) is 0 Å². The van der Waals surface area contributed by atoms with Crippen molar-refractivity contribution in [3.05, 3.63) is 64.7 Å². The van der Waals surface area contributed by atoms with E-state index in [-0.39, 0.29) is 17.2 Å². The number of rotatable bonds is 4. The maximum absolute atomic E-state index is 14.5. The Balaban J connectivity index is 1.71. The minimum Gasteiger partial charge on any atom is -0.406 e. The lowest BCUT2D eigenvalue weighted by Crippen LogP contribution is -2.16. The highest BCUT2D eigenvalue weighted by atomic mass is 19.4. The van der Waals surface area contributed by atoms with Crippen molar-refractivity contribution in [1.82, 2.24) is 0 Å². The van der Waals surface area contributed by atoms with Gasteiger partial charge in [0, 0.05) is 5.56 Å². The molecule has 3 rings (SSSR count). The summed E-state index contributed by atoms with van der Waals surface area (Å²) in [6.45, 7) is 2.17. The van der Waals surface area contributed by atoms with E-state index in [1.54, 1.807) is 0 Å². The van der Waals surface area contributed by atoms with Gasteiger partial charge in [-0.15, -0.1) is 13.2 Å². The van der Waals surface area contributed by atoms with Crippen LogP contribution in [0.3, 0.4) is 0 Å². The molecular formula is C24H23F5O. The second kappa shape index (κ2) is 9.51. The molecule has 30 heavy (non-hydrogen) atoms. The monoisotopic (exact) mass is 422 g/mol. The molecule has 0 aromatic heterocycles. The molecule has 1 nitrogen and oxygen atoms in total. The smallest absolute Gasteiger partial charge is 0.406 e. The molecular weight excluding hydrogens is 399 g/mol. The van der Waals surface area contributed by atoms with Gasteiger partial charge in [0.1, 0.15) is 17.4 Å². The van der Waals surface area contributed by atoms with E-state index in [4.69, 9.17) is 0 Å². The van der Waals surface area contributed by atoms with Crippen LogP contribution in [0.1, 0.15) is 68.1 Å². The van der Waals surface area contributed by atoms with Gasteiger partial charge in [0.05, 0.1) is 5.56 Å². The van der Waals surface area contributed by atoms with E-state index >= 15 is 0 Å². The molecule has 6 heteroatoms. The summed E-state index contributed by atoms with van der Waals surface area (Å²) < 4.78 is 69.4.